The largest absolute Gasteiger partial charge is 0.508 e. The van der Waals surface area contributed by atoms with E-state index in [2.05, 4.69) is 29.6 Å². The molecular formula is C21H24N2O. The number of rotatable bonds is 2. The second kappa shape index (κ2) is 6.40. The molecule has 1 atom stereocenters. The van der Waals surface area contributed by atoms with Crippen molar-refractivity contribution in [1.82, 2.24) is 5.32 Å². The van der Waals surface area contributed by atoms with Gasteiger partial charge >= 0.3 is 0 Å². The van der Waals surface area contributed by atoms with Gasteiger partial charge in [0, 0.05) is 23.7 Å². The number of aliphatic imine (C=N–C) groups is 1. The molecule has 1 heterocycles. The van der Waals surface area contributed by atoms with Crippen LogP contribution < -0.4 is 5.32 Å². The average molecular weight is 320 g/mol. The molecular weight excluding hydrogens is 296 g/mol. The number of aromatic hydroxyl groups is 1. The van der Waals surface area contributed by atoms with Crippen molar-refractivity contribution >= 4 is 5.71 Å². The van der Waals surface area contributed by atoms with E-state index in [1.54, 1.807) is 6.07 Å². The molecule has 2 aromatic carbocycles. The lowest BCUT2D eigenvalue weighted by molar-refractivity contribution is 0.206. The molecule has 1 aliphatic carbocycles. The van der Waals surface area contributed by atoms with Crippen LogP contribution in [0.3, 0.4) is 0 Å². The van der Waals surface area contributed by atoms with Crippen LogP contribution in [0.15, 0.2) is 59.6 Å². The van der Waals surface area contributed by atoms with Crippen LogP contribution in [0.25, 0.3) is 0 Å². The van der Waals surface area contributed by atoms with Crippen LogP contribution >= 0.6 is 0 Å². The highest BCUT2D eigenvalue weighted by atomic mass is 16.3. The van der Waals surface area contributed by atoms with E-state index in [0.717, 1.165) is 30.5 Å². The van der Waals surface area contributed by atoms with Gasteiger partial charge in [0.2, 0.25) is 0 Å². The van der Waals surface area contributed by atoms with Gasteiger partial charge in [-0.25, -0.2) is 0 Å². The third-order valence-electron chi connectivity index (χ3n) is 5.29. The van der Waals surface area contributed by atoms with Gasteiger partial charge in [0.1, 0.15) is 11.4 Å². The summed E-state index contributed by atoms with van der Waals surface area (Å²) < 4.78 is 0. The average Bonchev–Trinajstić information content (AvgIpc) is 2.63. The molecule has 0 aromatic heterocycles. The molecule has 1 aliphatic heterocycles. The number of hydrogen-bond acceptors (Lipinski definition) is 3. The Bertz CT molecular complexity index is 733. The summed E-state index contributed by atoms with van der Waals surface area (Å²) in [6.45, 7) is 0. The molecule has 2 N–H and O–H groups in total. The number of phenols is 1. The van der Waals surface area contributed by atoms with E-state index in [4.69, 9.17) is 4.99 Å². The first-order valence-corrected chi connectivity index (χ1v) is 8.96. The molecule has 0 bridgehead atoms. The molecule has 0 amide bonds. The summed E-state index contributed by atoms with van der Waals surface area (Å²) >= 11 is 0. The quantitative estimate of drug-likeness (QED) is 0.851. The number of nitrogens with one attached hydrogen (secondary N) is 1. The molecule has 1 spiro atoms. The van der Waals surface area contributed by atoms with Crippen LogP contribution in [0, 0.1) is 0 Å². The van der Waals surface area contributed by atoms with E-state index in [-0.39, 0.29) is 11.7 Å². The molecule has 0 saturated heterocycles. The number of hydrogen-bond donors (Lipinski definition) is 2. The van der Waals surface area contributed by atoms with Crippen molar-refractivity contribution in [2.45, 2.75) is 50.2 Å². The minimum absolute atomic E-state index is 0.108. The predicted octanol–water partition coefficient (Wildman–Crippen LogP) is 4.58. The van der Waals surface area contributed by atoms with Crippen molar-refractivity contribution in [2.24, 2.45) is 4.99 Å². The third kappa shape index (κ3) is 2.96. The maximum atomic E-state index is 10.3. The normalized spacial score (nSPS) is 23.0. The molecule has 0 unspecified atom stereocenters. The first-order valence-electron chi connectivity index (χ1n) is 8.96. The Morgan fingerprint density at radius 1 is 0.917 bits per heavy atom. The standard InChI is InChI=1S/C21H24N2O/c24-20-12-6-5-11-17(20)19-15-18(16-9-3-1-4-10-16)22-21(23-19)13-7-2-8-14-21/h1,3-6,9-12,19,23-24H,2,7-8,13-15H2/t19-/m1/s1. The zero-order valence-corrected chi connectivity index (χ0v) is 13.9. The fraction of sp³-hybridized carbons (Fsp3) is 0.381. The monoisotopic (exact) mass is 320 g/mol. The Hall–Kier alpha value is -2.13. The van der Waals surface area contributed by atoms with Gasteiger partial charge in [-0.15, -0.1) is 0 Å². The van der Waals surface area contributed by atoms with E-state index in [9.17, 15) is 5.11 Å². The lowest BCUT2D eigenvalue weighted by Crippen LogP contribution is -2.51. The number of benzene rings is 2. The van der Waals surface area contributed by atoms with E-state index in [1.165, 1.54) is 24.8 Å². The lowest BCUT2D eigenvalue weighted by atomic mass is 9.84. The molecule has 1 saturated carbocycles. The summed E-state index contributed by atoms with van der Waals surface area (Å²) in [5, 5.41) is 14.1. The number of phenolic OH excluding ortho intramolecular Hbond substituents is 1. The summed E-state index contributed by atoms with van der Waals surface area (Å²) in [5.74, 6) is 0.371. The molecule has 3 heteroatoms. The van der Waals surface area contributed by atoms with Crippen molar-refractivity contribution in [3.8, 4) is 5.75 Å². The van der Waals surface area contributed by atoms with Gasteiger partial charge in [-0.3, -0.25) is 10.3 Å². The Labute approximate surface area is 143 Å². The first kappa shape index (κ1) is 15.4. The van der Waals surface area contributed by atoms with E-state index in [1.807, 2.05) is 24.3 Å². The van der Waals surface area contributed by atoms with Gasteiger partial charge in [-0.1, -0.05) is 55.0 Å². The van der Waals surface area contributed by atoms with Crippen LogP contribution in [0.2, 0.25) is 0 Å². The topological polar surface area (TPSA) is 44.6 Å². The molecule has 3 nitrogen and oxygen atoms in total. The Balaban J connectivity index is 1.74. The number of para-hydroxylation sites is 1. The van der Waals surface area contributed by atoms with Crippen LogP contribution in [0.5, 0.6) is 5.75 Å². The van der Waals surface area contributed by atoms with Crippen LogP contribution in [-0.2, 0) is 0 Å². The Kier molecular flexibility index (Phi) is 4.11. The minimum atomic E-state index is -0.172. The third-order valence-corrected chi connectivity index (χ3v) is 5.29. The van der Waals surface area contributed by atoms with E-state index in [0.29, 0.717) is 5.75 Å². The summed E-state index contributed by atoms with van der Waals surface area (Å²) in [6, 6.07) is 18.3. The first-order chi connectivity index (χ1) is 11.8. The highest BCUT2D eigenvalue weighted by Crippen LogP contribution is 2.39. The van der Waals surface area contributed by atoms with Crippen molar-refractivity contribution in [1.29, 1.82) is 0 Å². The second-order valence-electron chi connectivity index (χ2n) is 6.98. The minimum Gasteiger partial charge on any atom is -0.508 e. The Morgan fingerprint density at radius 3 is 2.38 bits per heavy atom. The van der Waals surface area contributed by atoms with Gasteiger partial charge in [-0.2, -0.15) is 0 Å². The molecule has 124 valence electrons. The molecule has 2 aromatic rings. The predicted molar refractivity (Wildman–Crippen MR) is 97.4 cm³/mol. The summed E-state index contributed by atoms with van der Waals surface area (Å²) in [5.41, 5.74) is 3.16. The van der Waals surface area contributed by atoms with Gasteiger partial charge in [0.05, 0.1) is 0 Å². The Morgan fingerprint density at radius 2 is 1.62 bits per heavy atom. The van der Waals surface area contributed by atoms with Crippen molar-refractivity contribution in [3.63, 3.8) is 0 Å². The van der Waals surface area contributed by atoms with Crippen molar-refractivity contribution < 1.29 is 5.11 Å². The fourth-order valence-corrected chi connectivity index (χ4v) is 4.08. The fourth-order valence-electron chi connectivity index (χ4n) is 4.08. The van der Waals surface area contributed by atoms with Gasteiger partial charge in [0.15, 0.2) is 0 Å². The second-order valence-corrected chi connectivity index (χ2v) is 6.98. The number of nitrogens with zero attached hydrogens (tertiary/aromatic N) is 1. The highest BCUT2D eigenvalue weighted by Gasteiger charge is 2.38. The molecule has 0 radical (unpaired) electrons. The summed E-state index contributed by atoms with van der Waals surface area (Å²) in [6.07, 6.45) is 6.68. The SMILES string of the molecule is Oc1ccccc1[C@H]1CC(c2ccccc2)=NC2(CCCCC2)N1. The van der Waals surface area contributed by atoms with E-state index < -0.39 is 0 Å². The van der Waals surface area contributed by atoms with Gasteiger partial charge < -0.3 is 5.11 Å². The highest BCUT2D eigenvalue weighted by molar-refractivity contribution is 6.01. The van der Waals surface area contributed by atoms with Crippen LogP contribution in [0.4, 0.5) is 0 Å². The zero-order chi connectivity index (χ0) is 16.4. The van der Waals surface area contributed by atoms with E-state index >= 15 is 0 Å². The van der Waals surface area contributed by atoms with Gasteiger partial charge in [0.25, 0.3) is 0 Å². The summed E-state index contributed by atoms with van der Waals surface area (Å²) in [4.78, 5) is 5.17. The molecule has 2 aliphatic rings. The lowest BCUT2D eigenvalue weighted by Gasteiger charge is -2.42. The zero-order valence-electron chi connectivity index (χ0n) is 13.9. The van der Waals surface area contributed by atoms with Gasteiger partial charge in [-0.05, 0) is 37.3 Å². The van der Waals surface area contributed by atoms with Crippen molar-refractivity contribution in [3.05, 3.63) is 65.7 Å². The maximum absolute atomic E-state index is 10.3. The molecule has 24 heavy (non-hydrogen) atoms. The van der Waals surface area contributed by atoms with Crippen LogP contribution in [0.1, 0.15) is 55.7 Å². The molecule has 1 fully saturated rings. The summed E-state index contributed by atoms with van der Waals surface area (Å²) in [7, 11) is 0. The molecule has 4 rings (SSSR count). The van der Waals surface area contributed by atoms with Crippen LogP contribution in [-0.4, -0.2) is 16.5 Å². The smallest absolute Gasteiger partial charge is 0.120 e. The maximum Gasteiger partial charge on any atom is 0.120 e. The van der Waals surface area contributed by atoms with Crippen molar-refractivity contribution in [2.75, 3.05) is 0 Å².